The lowest BCUT2D eigenvalue weighted by molar-refractivity contribution is -0.139. The lowest BCUT2D eigenvalue weighted by Crippen LogP contribution is -2.39. The fourth-order valence-corrected chi connectivity index (χ4v) is 2.72. The number of carbonyl (C=O) groups excluding carboxylic acids is 2. The first kappa shape index (κ1) is 21.2. The summed E-state index contributed by atoms with van der Waals surface area (Å²) < 4.78 is 10.7. The summed E-state index contributed by atoms with van der Waals surface area (Å²) in [5.74, 6) is -0.779. The second-order valence-corrected chi connectivity index (χ2v) is 6.18. The molecule has 0 aromatic heterocycles. The Morgan fingerprint density at radius 1 is 1.21 bits per heavy atom. The van der Waals surface area contributed by atoms with Crippen LogP contribution in [-0.4, -0.2) is 31.7 Å². The molecule has 0 aliphatic rings. The largest absolute Gasteiger partial charge is 0.491 e. The van der Waals surface area contributed by atoms with Gasteiger partial charge in [0.25, 0.3) is 0 Å². The van der Waals surface area contributed by atoms with Crippen molar-refractivity contribution in [3.63, 3.8) is 0 Å². The number of hydrogen-bond donors (Lipinski definition) is 2. The maximum Gasteiger partial charge on any atom is 0.329 e. The highest BCUT2D eigenvalue weighted by Gasteiger charge is 2.16. The highest BCUT2D eigenvalue weighted by atomic mass is 35.5. The molecule has 0 spiro atoms. The van der Waals surface area contributed by atoms with Crippen LogP contribution in [0, 0.1) is 0 Å². The Balaban J connectivity index is 1.98. The van der Waals surface area contributed by atoms with Gasteiger partial charge in [0.15, 0.2) is 11.5 Å². The van der Waals surface area contributed by atoms with Gasteiger partial charge in [0.1, 0.15) is 0 Å². The Hall–Kier alpha value is -3.06. The molecular weight excluding hydrogens is 382 g/mol. The van der Waals surface area contributed by atoms with Gasteiger partial charge >= 0.3 is 11.8 Å². The van der Waals surface area contributed by atoms with E-state index in [1.54, 1.807) is 19.1 Å². The molecule has 2 aromatic carbocycles. The van der Waals surface area contributed by atoms with E-state index >= 15 is 0 Å². The van der Waals surface area contributed by atoms with Gasteiger partial charge < -0.3 is 14.8 Å². The normalized spacial score (nSPS) is 11.7. The molecule has 0 fully saturated rings. The van der Waals surface area contributed by atoms with Crippen LogP contribution in [0.25, 0.3) is 0 Å². The second kappa shape index (κ2) is 10.3. The molecule has 0 saturated heterocycles. The SMILES string of the molecule is CCOc1cc(/C=N\NC(=O)C(=O)N[C@@H](C)c2ccccc2)cc(Cl)c1OC. The number of ether oxygens (including phenoxy) is 2. The van der Waals surface area contributed by atoms with E-state index in [2.05, 4.69) is 15.8 Å². The first-order valence-corrected chi connectivity index (χ1v) is 9.03. The number of rotatable bonds is 7. The van der Waals surface area contributed by atoms with E-state index in [0.717, 1.165) is 5.56 Å². The van der Waals surface area contributed by atoms with E-state index in [-0.39, 0.29) is 6.04 Å². The summed E-state index contributed by atoms with van der Waals surface area (Å²) >= 11 is 6.16. The van der Waals surface area contributed by atoms with Gasteiger partial charge in [-0.15, -0.1) is 0 Å². The molecule has 0 unspecified atom stereocenters. The summed E-state index contributed by atoms with van der Waals surface area (Å²) in [6.45, 7) is 4.06. The van der Waals surface area contributed by atoms with Crippen LogP contribution in [0.3, 0.4) is 0 Å². The van der Waals surface area contributed by atoms with Crippen molar-refractivity contribution in [1.29, 1.82) is 0 Å². The Bertz CT molecular complexity index is 856. The van der Waals surface area contributed by atoms with Gasteiger partial charge in [0.2, 0.25) is 0 Å². The second-order valence-electron chi connectivity index (χ2n) is 5.77. The number of benzene rings is 2. The molecule has 2 amide bonds. The molecule has 0 aliphatic heterocycles. The summed E-state index contributed by atoms with van der Waals surface area (Å²) in [6.07, 6.45) is 1.36. The van der Waals surface area contributed by atoms with Crippen LogP contribution in [-0.2, 0) is 9.59 Å². The van der Waals surface area contributed by atoms with Crippen LogP contribution in [0.2, 0.25) is 5.02 Å². The molecule has 2 rings (SSSR count). The van der Waals surface area contributed by atoms with E-state index in [4.69, 9.17) is 21.1 Å². The number of hydrogen-bond acceptors (Lipinski definition) is 5. The minimum Gasteiger partial charge on any atom is -0.491 e. The maximum atomic E-state index is 12.0. The van der Waals surface area contributed by atoms with Crippen molar-refractivity contribution in [2.45, 2.75) is 19.9 Å². The number of halogens is 1. The summed E-state index contributed by atoms with van der Waals surface area (Å²) in [5, 5.41) is 6.76. The highest BCUT2D eigenvalue weighted by molar-refractivity contribution is 6.35. The van der Waals surface area contributed by atoms with Crippen molar-refractivity contribution in [3.05, 3.63) is 58.6 Å². The number of carbonyl (C=O) groups is 2. The first-order valence-electron chi connectivity index (χ1n) is 8.65. The molecule has 1 atom stereocenters. The van der Waals surface area contributed by atoms with Crippen molar-refractivity contribution >= 4 is 29.6 Å². The molecule has 7 nitrogen and oxygen atoms in total. The third-order valence-electron chi connectivity index (χ3n) is 3.77. The summed E-state index contributed by atoms with van der Waals surface area (Å²) in [6, 6.07) is 12.3. The smallest absolute Gasteiger partial charge is 0.329 e. The van der Waals surface area contributed by atoms with E-state index in [1.807, 2.05) is 37.3 Å². The Labute approximate surface area is 168 Å². The van der Waals surface area contributed by atoms with Crippen LogP contribution in [0.4, 0.5) is 0 Å². The average molecular weight is 404 g/mol. The van der Waals surface area contributed by atoms with Gasteiger partial charge in [-0.25, -0.2) is 5.43 Å². The molecule has 0 heterocycles. The van der Waals surface area contributed by atoms with Gasteiger partial charge in [-0.1, -0.05) is 41.9 Å². The van der Waals surface area contributed by atoms with E-state index in [9.17, 15) is 9.59 Å². The van der Waals surface area contributed by atoms with Gasteiger partial charge in [-0.3, -0.25) is 9.59 Å². The van der Waals surface area contributed by atoms with E-state index in [1.165, 1.54) is 13.3 Å². The third kappa shape index (κ3) is 5.72. The minimum absolute atomic E-state index is 0.308. The quantitative estimate of drug-likeness (QED) is 0.422. The van der Waals surface area contributed by atoms with Gasteiger partial charge in [-0.2, -0.15) is 5.10 Å². The predicted octanol–water partition coefficient (Wildman–Crippen LogP) is 3.07. The zero-order valence-electron chi connectivity index (χ0n) is 15.9. The molecule has 0 saturated carbocycles. The zero-order chi connectivity index (χ0) is 20.5. The molecule has 2 N–H and O–H groups in total. The van der Waals surface area contributed by atoms with Crippen molar-refractivity contribution in [1.82, 2.24) is 10.7 Å². The molecule has 2 aromatic rings. The number of methoxy groups -OCH3 is 1. The van der Waals surface area contributed by atoms with Crippen LogP contribution < -0.4 is 20.2 Å². The number of nitrogens with one attached hydrogen (secondary N) is 2. The standard InChI is InChI=1S/C20H22ClN3O4/c1-4-28-17-11-14(10-16(21)18(17)27-3)12-22-24-20(26)19(25)23-13(2)15-8-6-5-7-9-15/h5-13H,4H2,1-3H3,(H,23,25)(H,24,26)/b22-12-/t13-/m0/s1. The molecule has 0 radical (unpaired) electrons. The lowest BCUT2D eigenvalue weighted by atomic mass is 10.1. The van der Waals surface area contributed by atoms with Gasteiger partial charge in [0, 0.05) is 0 Å². The van der Waals surface area contributed by atoms with Crippen molar-refractivity contribution in [3.8, 4) is 11.5 Å². The Morgan fingerprint density at radius 3 is 2.57 bits per heavy atom. The summed E-state index contributed by atoms with van der Waals surface area (Å²) in [7, 11) is 1.49. The fourth-order valence-electron chi connectivity index (χ4n) is 2.43. The lowest BCUT2D eigenvalue weighted by Gasteiger charge is -2.13. The molecule has 28 heavy (non-hydrogen) atoms. The van der Waals surface area contributed by atoms with Gasteiger partial charge in [0.05, 0.1) is 31.0 Å². The zero-order valence-corrected chi connectivity index (χ0v) is 16.6. The molecule has 8 heteroatoms. The monoisotopic (exact) mass is 403 g/mol. The number of hydrazone groups is 1. The van der Waals surface area contributed by atoms with Crippen molar-refractivity contribution < 1.29 is 19.1 Å². The molecule has 0 bridgehead atoms. The van der Waals surface area contributed by atoms with E-state index < -0.39 is 11.8 Å². The highest BCUT2D eigenvalue weighted by Crippen LogP contribution is 2.35. The average Bonchev–Trinajstić information content (AvgIpc) is 2.68. The predicted molar refractivity (Wildman–Crippen MR) is 108 cm³/mol. The molecule has 0 aliphatic carbocycles. The topological polar surface area (TPSA) is 89.0 Å². The third-order valence-corrected chi connectivity index (χ3v) is 4.05. The van der Waals surface area contributed by atoms with Crippen molar-refractivity contribution in [2.24, 2.45) is 5.10 Å². The van der Waals surface area contributed by atoms with Crippen LogP contribution in [0.5, 0.6) is 11.5 Å². The first-order chi connectivity index (χ1) is 13.5. The van der Waals surface area contributed by atoms with E-state index in [0.29, 0.717) is 28.7 Å². The Morgan fingerprint density at radius 2 is 1.93 bits per heavy atom. The summed E-state index contributed by atoms with van der Waals surface area (Å²) in [5.41, 5.74) is 3.66. The maximum absolute atomic E-state index is 12.0. The number of amides is 2. The van der Waals surface area contributed by atoms with Crippen LogP contribution >= 0.6 is 11.6 Å². The van der Waals surface area contributed by atoms with Crippen LogP contribution in [0.15, 0.2) is 47.6 Å². The van der Waals surface area contributed by atoms with Crippen molar-refractivity contribution in [2.75, 3.05) is 13.7 Å². The van der Waals surface area contributed by atoms with Crippen LogP contribution in [0.1, 0.15) is 31.0 Å². The molecular formula is C20H22ClN3O4. The summed E-state index contributed by atoms with van der Waals surface area (Å²) in [4.78, 5) is 23.9. The Kier molecular flexibility index (Phi) is 7.83. The van der Waals surface area contributed by atoms with Gasteiger partial charge in [-0.05, 0) is 37.1 Å². The molecule has 148 valence electrons. The minimum atomic E-state index is -0.872. The fraction of sp³-hybridized carbons (Fsp3) is 0.250. The number of nitrogens with zero attached hydrogens (tertiary/aromatic N) is 1.